The number of carbonyl (C=O) groups excluding carboxylic acids is 1. The third-order valence-electron chi connectivity index (χ3n) is 3.01. The van der Waals surface area contributed by atoms with Crippen molar-refractivity contribution in [3.8, 4) is 18.4 Å². The predicted molar refractivity (Wildman–Crippen MR) is 65.2 cm³/mol. The first-order valence-corrected chi connectivity index (χ1v) is 5.43. The summed E-state index contributed by atoms with van der Waals surface area (Å²) >= 11 is 0. The molecule has 0 bridgehead atoms. The summed E-state index contributed by atoms with van der Waals surface area (Å²) in [5, 5.41) is 9.14. The Morgan fingerprint density at radius 3 is 2.88 bits per heavy atom. The Labute approximate surface area is 101 Å². The Balaban J connectivity index is 2.43. The van der Waals surface area contributed by atoms with E-state index in [1.807, 2.05) is 19.1 Å². The van der Waals surface area contributed by atoms with Gasteiger partial charge in [0, 0.05) is 18.9 Å². The van der Waals surface area contributed by atoms with Crippen LogP contribution in [0.15, 0.2) is 18.2 Å². The molecule has 0 aliphatic carbocycles. The van der Waals surface area contributed by atoms with E-state index in [2.05, 4.69) is 12.0 Å². The molecule has 0 aromatic heterocycles. The van der Waals surface area contributed by atoms with Gasteiger partial charge in [-0.3, -0.25) is 4.79 Å². The van der Waals surface area contributed by atoms with Crippen molar-refractivity contribution in [1.29, 1.82) is 5.26 Å². The molecule has 1 unspecified atom stereocenters. The average molecular weight is 224 g/mol. The highest BCUT2D eigenvalue weighted by molar-refractivity contribution is 5.97. The number of nitrogens with zero attached hydrogens (tertiary/aromatic N) is 2. The summed E-state index contributed by atoms with van der Waals surface area (Å²) in [5.41, 5.74) is 2.11. The molecule has 3 heteroatoms. The van der Waals surface area contributed by atoms with Gasteiger partial charge < -0.3 is 4.90 Å². The molecule has 17 heavy (non-hydrogen) atoms. The lowest BCUT2D eigenvalue weighted by atomic mass is 10.1. The Hall–Kier alpha value is -2.26. The van der Waals surface area contributed by atoms with Crippen LogP contribution < -0.4 is 4.90 Å². The topological polar surface area (TPSA) is 44.1 Å². The second-order valence-corrected chi connectivity index (χ2v) is 4.15. The van der Waals surface area contributed by atoms with Crippen molar-refractivity contribution in [2.24, 2.45) is 5.92 Å². The molecule has 1 saturated heterocycles. The third kappa shape index (κ3) is 1.88. The minimum atomic E-state index is -0.0467. The molecule has 0 N–H and O–H groups in total. The standard InChI is InChI=1S/C14H12N2O/c1-3-11-7-14(17)16(9-11)13-6-4-5-10(2)12(13)8-15/h1,4-6,11H,7,9H2,2H3. The van der Waals surface area contributed by atoms with Crippen LogP contribution in [0.25, 0.3) is 0 Å². The smallest absolute Gasteiger partial charge is 0.228 e. The molecule has 1 aromatic rings. The van der Waals surface area contributed by atoms with E-state index in [-0.39, 0.29) is 11.8 Å². The van der Waals surface area contributed by atoms with Gasteiger partial charge in [0.05, 0.1) is 11.3 Å². The Morgan fingerprint density at radius 2 is 2.29 bits per heavy atom. The van der Waals surface area contributed by atoms with Gasteiger partial charge in [0.15, 0.2) is 0 Å². The van der Waals surface area contributed by atoms with E-state index < -0.39 is 0 Å². The molecule has 84 valence electrons. The Kier molecular flexibility index (Phi) is 2.85. The van der Waals surface area contributed by atoms with Crippen molar-refractivity contribution in [1.82, 2.24) is 0 Å². The minimum Gasteiger partial charge on any atom is -0.310 e. The van der Waals surface area contributed by atoms with Crippen molar-refractivity contribution in [3.05, 3.63) is 29.3 Å². The SMILES string of the molecule is C#CC1CC(=O)N(c2cccc(C)c2C#N)C1. The number of amides is 1. The van der Waals surface area contributed by atoms with Crippen molar-refractivity contribution in [2.75, 3.05) is 11.4 Å². The largest absolute Gasteiger partial charge is 0.310 e. The maximum atomic E-state index is 11.8. The summed E-state index contributed by atoms with van der Waals surface area (Å²) in [4.78, 5) is 13.5. The number of terminal acetylenes is 1. The predicted octanol–water partition coefficient (Wildman–Crippen LogP) is 1.85. The van der Waals surface area contributed by atoms with Crippen molar-refractivity contribution >= 4 is 11.6 Å². The zero-order valence-electron chi connectivity index (χ0n) is 9.60. The molecule has 0 saturated carbocycles. The van der Waals surface area contributed by atoms with Crippen LogP contribution in [0.4, 0.5) is 5.69 Å². The van der Waals surface area contributed by atoms with Crippen LogP contribution in [-0.2, 0) is 4.79 Å². The van der Waals surface area contributed by atoms with Gasteiger partial charge in [-0.1, -0.05) is 12.1 Å². The molecule has 1 aliphatic heterocycles. The van der Waals surface area contributed by atoms with Gasteiger partial charge in [-0.25, -0.2) is 0 Å². The summed E-state index contributed by atoms with van der Waals surface area (Å²) in [6, 6.07) is 7.65. The van der Waals surface area contributed by atoms with Crippen molar-refractivity contribution in [2.45, 2.75) is 13.3 Å². The van der Waals surface area contributed by atoms with Crippen LogP contribution in [0.2, 0.25) is 0 Å². The van der Waals surface area contributed by atoms with E-state index in [0.29, 0.717) is 24.2 Å². The first kappa shape index (κ1) is 11.2. The minimum absolute atomic E-state index is 0.00458. The third-order valence-corrected chi connectivity index (χ3v) is 3.01. The van der Waals surface area contributed by atoms with Gasteiger partial charge in [0.1, 0.15) is 6.07 Å². The van der Waals surface area contributed by atoms with E-state index in [0.717, 1.165) is 5.56 Å². The summed E-state index contributed by atoms with van der Waals surface area (Å²) in [5.74, 6) is 2.55. The lowest BCUT2D eigenvalue weighted by Crippen LogP contribution is -2.25. The highest BCUT2D eigenvalue weighted by Gasteiger charge is 2.30. The molecule has 1 amide bonds. The number of hydrogen-bond acceptors (Lipinski definition) is 2. The number of rotatable bonds is 1. The number of nitriles is 1. The monoisotopic (exact) mass is 224 g/mol. The molecule has 1 aliphatic rings. The number of anilines is 1. The number of aryl methyl sites for hydroxylation is 1. The summed E-state index contributed by atoms with van der Waals surface area (Å²) in [7, 11) is 0. The van der Waals surface area contributed by atoms with Gasteiger partial charge in [-0.15, -0.1) is 12.3 Å². The molecule has 1 fully saturated rings. The van der Waals surface area contributed by atoms with Crippen molar-refractivity contribution < 1.29 is 4.79 Å². The second kappa shape index (κ2) is 4.31. The molecule has 1 heterocycles. The molecule has 3 nitrogen and oxygen atoms in total. The fourth-order valence-corrected chi connectivity index (χ4v) is 2.07. The maximum absolute atomic E-state index is 11.8. The van der Waals surface area contributed by atoms with Gasteiger partial charge in [-0.05, 0) is 18.6 Å². The summed E-state index contributed by atoms with van der Waals surface area (Å²) < 4.78 is 0. The lowest BCUT2D eigenvalue weighted by Gasteiger charge is -2.18. The first-order chi connectivity index (χ1) is 8.17. The fraction of sp³-hybridized carbons (Fsp3) is 0.286. The Morgan fingerprint density at radius 1 is 1.53 bits per heavy atom. The molecular formula is C14H12N2O. The van der Waals surface area contributed by atoms with Crippen molar-refractivity contribution in [3.63, 3.8) is 0 Å². The molecule has 1 atom stereocenters. The maximum Gasteiger partial charge on any atom is 0.228 e. The van der Waals surface area contributed by atoms with Crippen LogP contribution in [0.3, 0.4) is 0 Å². The zero-order valence-corrected chi connectivity index (χ0v) is 9.60. The number of hydrogen-bond donors (Lipinski definition) is 0. The summed E-state index contributed by atoms with van der Waals surface area (Å²) in [6.45, 7) is 2.37. The van der Waals surface area contributed by atoms with Crippen LogP contribution in [0.5, 0.6) is 0 Å². The molecular weight excluding hydrogens is 212 g/mol. The Bertz CT molecular complexity index is 548. The van der Waals surface area contributed by atoms with Gasteiger partial charge in [-0.2, -0.15) is 5.26 Å². The summed E-state index contributed by atoms with van der Waals surface area (Å²) in [6.07, 6.45) is 5.71. The zero-order chi connectivity index (χ0) is 12.4. The second-order valence-electron chi connectivity index (χ2n) is 4.15. The van der Waals surface area contributed by atoms with Crippen LogP contribution in [-0.4, -0.2) is 12.5 Å². The van der Waals surface area contributed by atoms with Crippen LogP contribution in [0, 0.1) is 36.5 Å². The normalized spacial score (nSPS) is 18.9. The number of carbonyl (C=O) groups is 1. The van der Waals surface area contributed by atoms with Gasteiger partial charge in [0.2, 0.25) is 5.91 Å². The van der Waals surface area contributed by atoms with Gasteiger partial charge >= 0.3 is 0 Å². The van der Waals surface area contributed by atoms with E-state index in [1.54, 1.807) is 11.0 Å². The van der Waals surface area contributed by atoms with E-state index in [9.17, 15) is 4.79 Å². The van der Waals surface area contributed by atoms with Gasteiger partial charge in [0.25, 0.3) is 0 Å². The van der Waals surface area contributed by atoms with E-state index in [1.165, 1.54) is 0 Å². The number of benzene rings is 1. The highest BCUT2D eigenvalue weighted by atomic mass is 16.2. The molecule has 0 radical (unpaired) electrons. The van der Waals surface area contributed by atoms with E-state index >= 15 is 0 Å². The molecule has 2 rings (SSSR count). The van der Waals surface area contributed by atoms with Crippen LogP contribution in [0.1, 0.15) is 17.5 Å². The first-order valence-electron chi connectivity index (χ1n) is 5.43. The lowest BCUT2D eigenvalue weighted by molar-refractivity contribution is -0.117. The fourth-order valence-electron chi connectivity index (χ4n) is 2.07. The quantitative estimate of drug-likeness (QED) is 0.683. The molecule has 0 spiro atoms. The van der Waals surface area contributed by atoms with Crippen LogP contribution >= 0.6 is 0 Å². The molecule has 1 aromatic carbocycles. The van der Waals surface area contributed by atoms with E-state index in [4.69, 9.17) is 11.7 Å². The average Bonchev–Trinajstić information content (AvgIpc) is 2.70. The highest BCUT2D eigenvalue weighted by Crippen LogP contribution is 2.29.